The molecule has 0 bridgehead atoms. The van der Waals surface area contributed by atoms with Gasteiger partial charge < -0.3 is 14.6 Å². The number of ether oxygens (including phenoxy) is 1. The average molecular weight is 407 g/mol. The maximum atomic E-state index is 12.2. The molecule has 2 aromatic rings. The summed E-state index contributed by atoms with van der Waals surface area (Å²) in [6.45, 7) is 8.63. The molecule has 2 N–H and O–H groups in total. The van der Waals surface area contributed by atoms with Crippen molar-refractivity contribution in [3.63, 3.8) is 0 Å². The van der Waals surface area contributed by atoms with Gasteiger partial charge in [0.15, 0.2) is 0 Å². The number of carbonyl (C=O) groups excluding carboxylic acids is 1. The number of hydrogen-bond acceptors (Lipinski definition) is 5. The molecule has 28 heavy (non-hydrogen) atoms. The highest BCUT2D eigenvalue weighted by atomic mass is 35.5. The molecule has 1 aliphatic rings. The zero-order valence-corrected chi connectivity index (χ0v) is 17.3. The molecule has 2 heterocycles. The highest BCUT2D eigenvalue weighted by Gasteiger charge is 2.30. The van der Waals surface area contributed by atoms with Gasteiger partial charge >= 0.3 is 6.03 Å². The van der Waals surface area contributed by atoms with Crippen molar-refractivity contribution in [1.29, 1.82) is 0 Å². The Labute approximate surface area is 170 Å². The van der Waals surface area contributed by atoms with E-state index in [2.05, 4.69) is 20.7 Å². The lowest BCUT2D eigenvalue weighted by Crippen LogP contribution is -2.56. The van der Waals surface area contributed by atoms with Crippen LogP contribution in [0.3, 0.4) is 0 Å². The standard InChI is InChI=1S/C20H27ClN4O3/c1-4-15-11-18(28-24-15)22-19(26)23-20(2,3)9-10-25-12-17(13-25)27-16-7-5-14(21)6-8-16/h5-8,11,17H,4,9-10,12-13H2,1-3H3,(H2,22,23,26). The predicted octanol–water partition coefficient (Wildman–Crippen LogP) is 3.94. The molecule has 152 valence electrons. The number of aromatic nitrogens is 1. The number of nitrogens with zero attached hydrogens (tertiary/aromatic N) is 2. The lowest BCUT2D eigenvalue weighted by molar-refractivity contribution is 0.0157. The van der Waals surface area contributed by atoms with Crippen molar-refractivity contribution in [3.8, 4) is 5.75 Å². The summed E-state index contributed by atoms with van der Waals surface area (Å²) in [5.74, 6) is 1.20. The first kappa shape index (κ1) is 20.5. The number of likely N-dealkylation sites (tertiary alicyclic amines) is 1. The van der Waals surface area contributed by atoms with E-state index in [4.69, 9.17) is 20.9 Å². The van der Waals surface area contributed by atoms with Crippen molar-refractivity contribution in [2.45, 2.75) is 45.3 Å². The Hall–Kier alpha value is -2.25. The third-order valence-corrected chi connectivity index (χ3v) is 4.95. The Bertz CT molecular complexity index is 785. The third-order valence-electron chi connectivity index (χ3n) is 4.70. The van der Waals surface area contributed by atoms with Crippen LogP contribution in [0.2, 0.25) is 5.02 Å². The van der Waals surface area contributed by atoms with Gasteiger partial charge in [-0.25, -0.2) is 4.79 Å². The second-order valence-corrected chi connectivity index (χ2v) is 8.14. The van der Waals surface area contributed by atoms with Gasteiger partial charge in [0.1, 0.15) is 11.9 Å². The number of nitrogens with one attached hydrogen (secondary N) is 2. The van der Waals surface area contributed by atoms with Crippen molar-refractivity contribution in [1.82, 2.24) is 15.4 Å². The number of anilines is 1. The van der Waals surface area contributed by atoms with Gasteiger partial charge in [-0.05, 0) is 51.0 Å². The Morgan fingerprint density at radius 2 is 2.07 bits per heavy atom. The minimum Gasteiger partial charge on any atom is -0.488 e. The van der Waals surface area contributed by atoms with Gasteiger partial charge in [-0.1, -0.05) is 23.7 Å². The minimum atomic E-state index is -0.347. The number of urea groups is 1. The van der Waals surface area contributed by atoms with Gasteiger partial charge in [0.25, 0.3) is 0 Å². The normalized spacial score (nSPS) is 15.1. The Kier molecular flexibility index (Phi) is 6.46. The molecule has 3 rings (SSSR count). The zero-order chi connectivity index (χ0) is 20.1. The number of rotatable bonds is 8. The summed E-state index contributed by atoms with van der Waals surface area (Å²) < 4.78 is 11.0. The number of amides is 2. The predicted molar refractivity (Wildman–Crippen MR) is 109 cm³/mol. The molecule has 0 saturated carbocycles. The van der Waals surface area contributed by atoms with Gasteiger partial charge in [-0.2, -0.15) is 0 Å². The van der Waals surface area contributed by atoms with Crippen LogP contribution in [-0.2, 0) is 6.42 Å². The van der Waals surface area contributed by atoms with Gasteiger partial charge in [0, 0.05) is 36.3 Å². The molecule has 0 aliphatic carbocycles. The lowest BCUT2D eigenvalue weighted by atomic mass is 9.99. The fourth-order valence-corrected chi connectivity index (χ4v) is 3.10. The summed E-state index contributed by atoms with van der Waals surface area (Å²) in [6.07, 6.45) is 1.78. The highest BCUT2D eigenvalue weighted by molar-refractivity contribution is 6.30. The third kappa shape index (κ3) is 5.87. The number of carbonyl (C=O) groups is 1. The number of benzene rings is 1. The molecular weight excluding hydrogens is 380 g/mol. The lowest BCUT2D eigenvalue weighted by Gasteiger charge is -2.40. The van der Waals surface area contributed by atoms with E-state index in [1.54, 1.807) is 6.07 Å². The van der Waals surface area contributed by atoms with Crippen molar-refractivity contribution >= 4 is 23.5 Å². The van der Waals surface area contributed by atoms with Crippen molar-refractivity contribution in [2.24, 2.45) is 0 Å². The number of halogens is 1. The van der Waals surface area contributed by atoms with Crippen LogP contribution in [0.15, 0.2) is 34.9 Å². The first-order valence-electron chi connectivity index (χ1n) is 9.52. The van der Waals surface area contributed by atoms with Crippen LogP contribution in [0.5, 0.6) is 5.75 Å². The summed E-state index contributed by atoms with van der Waals surface area (Å²) in [7, 11) is 0. The summed E-state index contributed by atoms with van der Waals surface area (Å²) in [5, 5.41) is 10.2. The Morgan fingerprint density at radius 1 is 1.36 bits per heavy atom. The molecule has 2 amide bonds. The van der Waals surface area contributed by atoms with E-state index in [0.717, 1.165) is 43.9 Å². The number of hydrogen-bond donors (Lipinski definition) is 2. The van der Waals surface area contributed by atoms with Gasteiger partial charge in [-0.15, -0.1) is 0 Å². The van der Waals surface area contributed by atoms with Gasteiger partial charge in [0.2, 0.25) is 5.88 Å². The second-order valence-electron chi connectivity index (χ2n) is 7.70. The van der Waals surface area contributed by atoms with E-state index < -0.39 is 0 Å². The first-order valence-corrected chi connectivity index (χ1v) is 9.90. The molecule has 1 aromatic carbocycles. The minimum absolute atomic E-state index is 0.194. The molecule has 0 unspecified atom stereocenters. The van der Waals surface area contributed by atoms with E-state index >= 15 is 0 Å². The molecule has 8 heteroatoms. The molecule has 0 spiro atoms. The average Bonchev–Trinajstić information content (AvgIpc) is 3.05. The fraction of sp³-hybridized carbons (Fsp3) is 0.500. The fourth-order valence-electron chi connectivity index (χ4n) is 2.97. The molecular formula is C20H27ClN4O3. The summed E-state index contributed by atoms with van der Waals surface area (Å²) in [5.41, 5.74) is 0.461. The van der Waals surface area contributed by atoms with Gasteiger partial charge in [-0.3, -0.25) is 10.2 Å². The van der Waals surface area contributed by atoms with E-state index in [9.17, 15) is 4.79 Å². The molecule has 1 saturated heterocycles. The van der Waals surface area contributed by atoms with Crippen LogP contribution < -0.4 is 15.4 Å². The highest BCUT2D eigenvalue weighted by Crippen LogP contribution is 2.21. The van der Waals surface area contributed by atoms with Crippen LogP contribution in [0.25, 0.3) is 0 Å². The van der Waals surface area contributed by atoms with Crippen molar-refractivity contribution in [2.75, 3.05) is 25.0 Å². The second kappa shape index (κ2) is 8.84. The summed E-state index contributed by atoms with van der Waals surface area (Å²) >= 11 is 5.89. The molecule has 0 atom stereocenters. The van der Waals surface area contributed by atoms with E-state index in [0.29, 0.717) is 10.9 Å². The molecule has 1 aliphatic heterocycles. The Morgan fingerprint density at radius 3 is 2.71 bits per heavy atom. The quantitative estimate of drug-likeness (QED) is 0.694. The molecule has 1 fully saturated rings. The van der Waals surface area contributed by atoms with Crippen LogP contribution in [0, 0.1) is 0 Å². The number of aryl methyl sites for hydroxylation is 1. The largest absolute Gasteiger partial charge is 0.488 e. The van der Waals surface area contributed by atoms with E-state index in [1.807, 2.05) is 45.0 Å². The summed E-state index contributed by atoms with van der Waals surface area (Å²) in [6, 6.07) is 8.86. The molecule has 1 aromatic heterocycles. The van der Waals surface area contributed by atoms with Crippen LogP contribution >= 0.6 is 11.6 Å². The van der Waals surface area contributed by atoms with Crippen LogP contribution in [0.1, 0.15) is 32.9 Å². The Balaban J connectivity index is 1.35. The summed E-state index contributed by atoms with van der Waals surface area (Å²) in [4.78, 5) is 14.5. The van der Waals surface area contributed by atoms with E-state index in [-0.39, 0.29) is 17.7 Å². The van der Waals surface area contributed by atoms with Gasteiger partial charge in [0.05, 0.1) is 5.69 Å². The monoisotopic (exact) mass is 406 g/mol. The maximum absolute atomic E-state index is 12.2. The van der Waals surface area contributed by atoms with E-state index in [1.165, 1.54) is 0 Å². The smallest absolute Gasteiger partial charge is 0.322 e. The SMILES string of the molecule is CCc1cc(NC(=O)NC(C)(C)CCN2CC(Oc3ccc(Cl)cc3)C2)on1. The molecule has 0 radical (unpaired) electrons. The van der Waals surface area contributed by atoms with Crippen LogP contribution in [-0.4, -0.2) is 47.4 Å². The van der Waals surface area contributed by atoms with Crippen molar-refractivity contribution in [3.05, 3.63) is 41.0 Å². The van der Waals surface area contributed by atoms with Crippen LogP contribution in [0.4, 0.5) is 10.7 Å². The molecule has 7 nitrogen and oxygen atoms in total. The first-order chi connectivity index (χ1) is 13.3. The topological polar surface area (TPSA) is 79.6 Å². The zero-order valence-electron chi connectivity index (χ0n) is 16.5. The maximum Gasteiger partial charge on any atom is 0.322 e. The van der Waals surface area contributed by atoms with Crippen molar-refractivity contribution < 1.29 is 14.1 Å².